The van der Waals surface area contributed by atoms with Gasteiger partial charge in [-0.15, -0.1) is 0 Å². The van der Waals surface area contributed by atoms with Gasteiger partial charge in [-0.3, -0.25) is 4.68 Å². The summed E-state index contributed by atoms with van der Waals surface area (Å²) in [4.78, 5) is 11.3. The molecule has 0 amide bonds. The Bertz CT molecular complexity index is 915. The highest BCUT2D eigenvalue weighted by atomic mass is 32.2. The number of benzene rings is 1. The van der Waals surface area contributed by atoms with Crippen molar-refractivity contribution in [3.63, 3.8) is 0 Å². The van der Waals surface area contributed by atoms with E-state index in [1.54, 1.807) is 16.8 Å². The first-order valence-electron chi connectivity index (χ1n) is 7.83. The topological polar surface area (TPSA) is 92.5 Å². The maximum Gasteiger partial charge on any atom is 0.336 e. The van der Waals surface area contributed by atoms with Gasteiger partial charge in [-0.25, -0.2) is 13.2 Å². The quantitative estimate of drug-likeness (QED) is 0.888. The molecule has 0 spiro atoms. The molecule has 0 atom stereocenters. The second kappa shape index (κ2) is 5.42. The van der Waals surface area contributed by atoms with Gasteiger partial charge in [0.05, 0.1) is 11.8 Å². The maximum atomic E-state index is 13.0. The molecular weight excluding hydrogens is 330 g/mol. The number of nitrogens with zero attached hydrogens (tertiary/aromatic N) is 3. The first-order valence-corrected chi connectivity index (χ1v) is 9.27. The summed E-state index contributed by atoms with van der Waals surface area (Å²) in [6.45, 7) is 0.880. The van der Waals surface area contributed by atoms with Crippen molar-refractivity contribution in [3.05, 3.63) is 47.2 Å². The Kier molecular flexibility index (Phi) is 3.47. The summed E-state index contributed by atoms with van der Waals surface area (Å²) in [5.41, 5.74) is 1.48. The van der Waals surface area contributed by atoms with Gasteiger partial charge in [0.15, 0.2) is 5.03 Å². The maximum absolute atomic E-state index is 13.0. The highest BCUT2D eigenvalue weighted by molar-refractivity contribution is 7.89. The van der Waals surface area contributed by atoms with Crippen molar-refractivity contribution in [1.82, 2.24) is 14.1 Å². The summed E-state index contributed by atoms with van der Waals surface area (Å²) in [5.74, 6) is -0.530. The zero-order valence-corrected chi connectivity index (χ0v) is 13.7. The van der Waals surface area contributed by atoms with Crippen molar-refractivity contribution < 1.29 is 18.3 Å². The molecule has 2 aromatic rings. The molecule has 4 rings (SSSR count). The molecule has 24 heavy (non-hydrogen) atoms. The van der Waals surface area contributed by atoms with E-state index in [1.807, 2.05) is 0 Å². The predicted octanol–water partition coefficient (Wildman–Crippen LogP) is 1.70. The van der Waals surface area contributed by atoms with Crippen LogP contribution in [0.4, 0.5) is 0 Å². The molecular formula is C16H17N3O4S. The Morgan fingerprint density at radius 3 is 2.75 bits per heavy atom. The van der Waals surface area contributed by atoms with Crippen LogP contribution in [0.5, 0.6) is 0 Å². The van der Waals surface area contributed by atoms with Crippen molar-refractivity contribution >= 4 is 16.0 Å². The highest BCUT2D eigenvalue weighted by Crippen LogP contribution is 2.33. The van der Waals surface area contributed by atoms with E-state index < -0.39 is 16.0 Å². The third-order valence-corrected chi connectivity index (χ3v) is 6.41. The number of fused-ring (bicyclic) bond motifs is 1. The molecule has 1 fully saturated rings. The van der Waals surface area contributed by atoms with Crippen molar-refractivity contribution in [3.8, 4) is 0 Å². The summed E-state index contributed by atoms with van der Waals surface area (Å²) in [6.07, 6.45) is 3.72. The van der Waals surface area contributed by atoms with Crippen LogP contribution >= 0.6 is 0 Å². The van der Waals surface area contributed by atoms with Gasteiger partial charge in [0, 0.05) is 19.6 Å². The fourth-order valence-electron chi connectivity index (χ4n) is 3.12. The normalized spacial score (nSPS) is 17.8. The van der Waals surface area contributed by atoms with Crippen molar-refractivity contribution in [2.75, 3.05) is 0 Å². The number of sulfonamides is 1. The molecule has 7 nitrogen and oxygen atoms in total. The van der Waals surface area contributed by atoms with E-state index >= 15 is 0 Å². The summed E-state index contributed by atoms with van der Waals surface area (Å²) < 4.78 is 28.8. The molecule has 2 aliphatic rings. The van der Waals surface area contributed by atoms with E-state index in [1.165, 1.54) is 22.6 Å². The van der Waals surface area contributed by atoms with Crippen LogP contribution in [-0.4, -0.2) is 33.6 Å². The number of aromatic carboxylic acids is 1. The molecule has 0 saturated heterocycles. The lowest BCUT2D eigenvalue weighted by Gasteiger charge is -2.16. The molecule has 0 bridgehead atoms. The van der Waals surface area contributed by atoms with Gasteiger partial charge in [-0.2, -0.15) is 9.40 Å². The first-order chi connectivity index (χ1) is 11.5. The van der Waals surface area contributed by atoms with Crippen LogP contribution in [0, 0.1) is 5.92 Å². The summed E-state index contributed by atoms with van der Waals surface area (Å²) in [7, 11) is -3.71. The van der Waals surface area contributed by atoms with E-state index in [4.69, 9.17) is 0 Å². The lowest BCUT2D eigenvalue weighted by Crippen LogP contribution is -2.28. The van der Waals surface area contributed by atoms with Gasteiger partial charge in [0.2, 0.25) is 0 Å². The molecule has 1 aromatic heterocycles. The Balaban J connectivity index is 1.66. The van der Waals surface area contributed by atoms with Crippen LogP contribution in [0.25, 0.3) is 0 Å². The van der Waals surface area contributed by atoms with E-state index in [-0.39, 0.29) is 23.7 Å². The van der Waals surface area contributed by atoms with E-state index in [9.17, 15) is 18.3 Å². The fraction of sp³-hybridized carbons (Fsp3) is 0.375. The number of carboxylic acid groups (broad SMARTS) is 1. The minimum Gasteiger partial charge on any atom is -0.478 e. The lowest BCUT2D eigenvalue weighted by molar-refractivity contribution is 0.0695. The average Bonchev–Trinajstić information content (AvgIpc) is 3.05. The summed E-state index contributed by atoms with van der Waals surface area (Å²) >= 11 is 0. The van der Waals surface area contributed by atoms with Crippen molar-refractivity contribution in [2.24, 2.45) is 5.92 Å². The lowest BCUT2D eigenvalue weighted by atomic mass is 10.0. The van der Waals surface area contributed by atoms with Gasteiger partial charge < -0.3 is 5.11 Å². The molecule has 0 unspecified atom stereocenters. The van der Waals surface area contributed by atoms with Crippen LogP contribution in [0.15, 0.2) is 35.5 Å². The standard InChI is InChI=1S/C16H17N3O4S/c20-16(21)13-3-1-2-12-9-18(10-14(12)13)24(22,23)15-6-7-17-19(15)8-11-4-5-11/h1-3,6-7,11H,4-5,8-10H2,(H,20,21). The van der Waals surface area contributed by atoms with Gasteiger partial charge in [-0.1, -0.05) is 12.1 Å². The fourth-order valence-corrected chi connectivity index (χ4v) is 4.61. The molecule has 2 heterocycles. The van der Waals surface area contributed by atoms with Crippen LogP contribution in [0.3, 0.4) is 0 Å². The first kappa shape index (κ1) is 15.3. The van der Waals surface area contributed by atoms with E-state index in [2.05, 4.69) is 5.10 Å². The van der Waals surface area contributed by atoms with Crippen LogP contribution in [0.2, 0.25) is 0 Å². The highest BCUT2D eigenvalue weighted by Gasteiger charge is 2.35. The SMILES string of the molecule is O=C(O)c1cccc2c1CN(S(=O)(=O)c1ccnn1CC1CC1)C2. The summed E-state index contributed by atoms with van der Waals surface area (Å²) in [6, 6.07) is 6.45. The number of hydrogen-bond donors (Lipinski definition) is 1. The molecule has 8 heteroatoms. The van der Waals surface area contributed by atoms with Crippen molar-refractivity contribution in [1.29, 1.82) is 0 Å². The smallest absolute Gasteiger partial charge is 0.336 e. The molecule has 126 valence electrons. The number of aromatic nitrogens is 2. The molecule has 1 N–H and O–H groups in total. The van der Waals surface area contributed by atoms with Crippen molar-refractivity contribution in [2.45, 2.75) is 37.5 Å². The van der Waals surface area contributed by atoms with E-state index in [0.29, 0.717) is 18.0 Å². The van der Waals surface area contributed by atoms with Gasteiger partial charge in [-0.05, 0) is 42.0 Å². The monoisotopic (exact) mass is 347 g/mol. The van der Waals surface area contributed by atoms with E-state index in [0.717, 1.165) is 18.4 Å². The predicted molar refractivity (Wildman–Crippen MR) is 84.8 cm³/mol. The number of rotatable bonds is 5. The Labute approximate surface area is 139 Å². The van der Waals surface area contributed by atoms with Gasteiger partial charge >= 0.3 is 5.97 Å². The minimum atomic E-state index is -3.71. The molecule has 1 aliphatic heterocycles. The Morgan fingerprint density at radius 2 is 2.04 bits per heavy atom. The van der Waals surface area contributed by atoms with Crippen LogP contribution in [0.1, 0.15) is 34.3 Å². The molecule has 1 aliphatic carbocycles. The Morgan fingerprint density at radius 1 is 1.25 bits per heavy atom. The second-order valence-corrected chi connectivity index (χ2v) is 8.20. The second-order valence-electron chi connectivity index (χ2n) is 6.32. The average molecular weight is 347 g/mol. The largest absolute Gasteiger partial charge is 0.478 e. The van der Waals surface area contributed by atoms with Crippen LogP contribution < -0.4 is 0 Å². The number of carbonyl (C=O) groups is 1. The number of hydrogen-bond acceptors (Lipinski definition) is 4. The minimum absolute atomic E-state index is 0.0781. The third-order valence-electron chi connectivity index (χ3n) is 4.59. The van der Waals surface area contributed by atoms with Crippen LogP contribution in [-0.2, 0) is 29.7 Å². The molecule has 0 radical (unpaired) electrons. The third kappa shape index (κ3) is 2.51. The molecule has 1 saturated carbocycles. The number of carboxylic acids is 1. The summed E-state index contributed by atoms with van der Waals surface area (Å²) in [5, 5.41) is 13.6. The van der Waals surface area contributed by atoms with Gasteiger partial charge in [0.1, 0.15) is 0 Å². The van der Waals surface area contributed by atoms with Gasteiger partial charge in [0.25, 0.3) is 10.0 Å². The zero-order valence-electron chi connectivity index (χ0n) is 12.9. The Hall–Kier alpha value is -2.19. The zero-order chi connectivity index (χ0) is 16.9. The molecule has 1 aromatic carbocycles.